The molecule has 1 aliphatic heterocycles. The van der Waals surface area contributed by atoms with Crippen molar-refractivity contribution in [1.82, 2.24) is 0 Å². The minimum atomic E-state index is 0.569. The van der Waals surface area contributed by atoms with E-state index in [1.807, 2.05) is 13.8 Å². The van der Waals surface area contributed by atoms with Crippen molar-refractivity contribution in [1.29, 1.82) is 0 Å². The maximum Gasteiger partial charge on any atom is 0.0665 e. The Kier molecular flexibility index (Phi) is 4.92. The van der Waals surface area contributed by atoms with Gasteiger partial charge in [0, 0.05) is 12.1 Å². The number of rotatable bonds is 2. The van der Waals surface area contributed by atoms with E-state index >= 15 is 0 Å². The van der Waals surface area contributed by atoms with E-state index in [1.54, 1.807) is 0 Å². The highest BCUT2D eigenvalue weighted by Gasteiger charge is 2.17. The van der Waals surface area contributed by atoms with E-state index in [0.717, 1.165) is 6.42 Å². The van der Waals surface area contributed by atoms with Crippen molar-refractivity contribution in [3.8, 4) is 0 Å². The van der Waals surface area contributed by atoms with Crippen molar-refractivity contribution in [2.24, 2.45) is 10.9 Å². The number of aliphatic imine (C=N–C) groups is 1. The molecule has 94 valence electrons. The zero-order valence-corrected chi connectivity index (χ0v) is 12.0. The molecule has 0 N–H and O–H groups in total. The van der Waals surface area contributed by atoms with Crippen molar-refractivity contribution in [3.63, 3.8) is 0 Å². The van der Waals surface area contributed by atoms with Crippen molar-refractivity contribution < 1.29 is 0 Å². The Bertz CT molecular complexity index is 400. The fraction of sp³-hybridized carbons (Fsp3) is 0.562. The van der Waals surface area contributed by atoms with Gasteiger partial charge in [0.25, 0.3) is 0 Å². The number of hydrogen-bond donors (Lipinski definition) is 0. The smallest absolute Gasteiger partial charge is 0.0665 e. The van der Waals surface area contributed by atoms with Crippen molar-refractivity contribution >= 4 is 11.4 Å². The van der Waals surface area contributed by atoms with Crippen LogP contribution in [0, 0.1) is 5.92 Å². The molecule has 1 nitrogen and oxygen atoms in total. The van der Waals surface area contributed by atoms with Gasteiger partial charge in [-0.05, 0) is 29.0 Å². The lowest BCUT2D eigenvalue weighted by molar-refractivity contribution is 0.861. The third kappa shape index (κ3) is 3.18. The van der Waals surface area contributed by atoms with Gasteiger partial charge in [-0.15, -0.1) is 0 Å². The zero-order valence-electron chi connectivity index (χ0n) is 12.0. The molecule has 0 radical (unpaired) electrons. The second kappa shape index (κ2) is 6.00. The van der Waals surface area contributed by atoms with E-state index in [2.05, 4.69) is 50.9 Å². The summed E-state index contributed by atoms with van der Waals surface area (Å²) in [6, 6.07) is 6.69. The molecular weight excluding hydrogens is 206 g/mol. The highest BCUT2D eigenvalue weighted by molar-refractivity contribution is 5.95. The molecule has 1 heterocycles. The largest absolute Gasteiger partial charge is 0.257 e. The molecule has 1 aromatic carbocycles. The highest BCUT2D eigenvalue weighted by atomic mass is 14.8. The van der Waals surface area contributed by atoms with Gasteiger partial charge < -0.3 is 0 Å². The van der Waals surface area contributed by atoms with Gasteiger partial charge >= 0.3 is 0 Å². The molecule has 0 bridgehead atoms. The SMILES string of the molecule is CC.CC(C)C1=Nc2ccc(C(C)C)cc2C1. The van der Waals surface area contributed by atoms with E-state index in [1.165, 1.54) is 22.5 Å². The second-order valence-electron chi connectivity index (χ2n) is 4.98. The third-order valence-corrected chi connectivity index (χ3v) is 3.07. The summed E-state index contributed by atoms with van der Waals surface area (Å²) in [5, 5.41) is 0. The minimum absolute atomic E-state index is 0.569. The molecule has 0 aromatic heterocycles. The van der Waals surface area contributed by atoms with Crippen LogP contribution in [0.25, 0.3) is 0 Å². The Balaban J connectivity index is 0.000000686. The quantitative estimate of drug-likeness (QED) is 0.670. The summed E-state index contributed by atoms with van der Waals surface area (Å²) in [4.78, 5) is 4.67. The maximum absolute atomic E-state index is 4.67. The van der Waals surface area contributed by atoms with Crippen LogP contribution in [0.4, 0.5) is 5.69 Å². The number of fused-ring (bicyclic) bond motifs is 1. The first-order chi connectivity index (χ1) is 8.08. The topological polar surface area (TPSA) is 12.4 Å². The first kappa shape index (κ1) is 14.0. The van der Waals surface area contributed by atoms with Gasteiger partial charge in [-0.25, -0.2) is 0 Å². The Morgan fingerprint density at radius 3 is 2.18 bits per heavy atom. The average Bonchev–Trinajstić information content (AvgIpc) is 2.74. The predicted octanol–water partition coefficient (Wildman–Crippen LogP) is 5.12. The summed E-state index contributed by atoms with van der Waals surface area (Å²) < 4.78 is 0. The second-order valence-corrected chi connectivity index (χ2v) is 4.98. The van der Waals surface area contributed by atoms with Crippen molar-refractivity contribution in [3.05, 3.63) is 29.3 Å². The van der Waals surface area contributed by atoms with Crippen LogP contribution in [0.5, 0.6) is 0 Å². The standard InChI is InChI=1S/C14H19N.C2H6/c1-9(2)11-5-6-13-12(7-11)8-14(15-13)10(3)4;1-2/h5-7,9-10H,8H2,1-4H3;1-2H3. The Hall–Kier alpha value is -1.11. The monoisotopic (exact) mass is 231 g/mol. The van der Waals surface area contributed by atoms with E-state index in [9.17, 15) is 0 Å². The average molecular weight is 231 g/mol. The molecule has 0 spiro atoms. The van der Waals surface area contributed by atoms with Crippen LogP contribution in [0.1, 0.15) is 58.6 Å². The predicted molar refractivity (Wildman–Crippen MR) is 77.5 cm³/mol. The summed E-state index contributed by atoms with van der Waals surface area (Å²) in [5.74, 6) is 1.18. The summed E-state index contributed by atoms with van der Waals surface area (Å²) in [7, 11) is 0. The molecule has 0 aliphatic carbocycles. The normalized spacial score (nSPS) is 13.3. The zero-order chi connectivity index (χ0) is 13.0. The van der Waals surface area contributed by atoms with E-state index in [-0.39, 0.29) is 0 Å². The van der Waals surface area contributed by atoms with Crippen LogP contribution in [-0.4, -0.2) is 5.71 Å². The van der Waals surface area contributed by atoms with Gasteiger partial charge in [0.15, 0.2) is 0 Å². The number of hydrogen-bond acceptors (Lipinski definition) is 1. The van der Waals surface area contributed by atoms with Crippen LogP contribution >= 0.6 is 0 Å². The van der Waals surface area contributed by atoms with Gasteiger partial charge in [-0.2, -0.15) is 0 Å². The van der Waals surface area contributed by atoms with Crippen molar-refractivity contribution in [2.45, 2.75) is 53.9 Å². The van der Waals surface area contributed by atoms with Gasteiger partial charge in [-0.3, -0.25) is 4.99 Å². The van der Waals surface area contributed by atoms with E-state index < -0.39 is 0 Å². The van der Waals surface area contributed by atoms with E-state index in [0.29, 0.717) is 11.8 Å². The van der Waals surface area contributed by atoms with Gasteiger partial charge in [0.2, 0.25) is 0 Å². The number of benzene rings is 1. The molecule has 0 atom stereocenters. The molecule has 17 heavy (non-hydrogen) atoms. The molecule has 1 aromatic rings. The van der Waals surface area contributed by atoms with Crippen molar-refractivity contribution in [2.75, 3.05) is 0 Å². The van der Waals surface area contributed by atoms with Crippen LogP contribution in [0.15, 0.2) is 23.2 Å². The molecule has 1 aliphatic rings. The minimum Gasteiger partial charge on any atom is -0.257 e. The lowest BCUT2D eigenvalue weighted by atomic mass is 9.97. The van der Waals surface area contributed by atoms with Gasteiger partial charge in [0.1, 0.15) is 0 Å². The fourth-order valence-corrected chi connectivity index (χ4v) is 1.94. The molecule has 0 saturated carbocycles. The Morgan fingerprint density at radius 1 is 1.00 bits per heavy atom. The van der Waals surface area contributed by atoms with Gasteiger partial charge in [0.05, 0.1) is 5.69 Å². The molecule has 0 unspecified atom stereocenters. The fourth-order valence-electron chi connectivity index (χ4n) is 1.94. The van der Waals surface area contributed by atoms with Crippen LogP contribution in [-0.2, 0) is 6.42 Å². The van der Waals surface area contributed by atoms with Crippen LogP contribution in [0.3, 0.4) is 0 Å². The Morgan fingerprint density at radius 2 is 1.65 bits per heavy atom. The highest BCUT2D eigenvalue weighted by Crippen LogP contribution is 2.31. The molecule has 0 saturated heterocycles. The maximum atomic E-state index is 4.67. The number of nitrogens with zero attached hydrogens (tertiary/aromatic N) is 1. The lowest BCUT2D eigenvalue weighted by Crippen LogP contribution is -2.06. The third-order valence-electron chi connectivity index (χ3n) is 3.07. The molecule has 1 heteroatoms. The Labute approximate surface area is 106 Å². The first-order valence-corrected chi connectivity index (χ1v) is 6.78. The van der Waals surface area contributed by atoms with Gasteiger partial charge in [-0.1, -0.05) is 53.7 Å². The summed E-state index contributed by atoms with van der Waals surface area (Å²) >= 11 is 0. The summed E-state index contributed by atoms with van der Waals surface area (Å²) in [6.45, 7) is 12.9. The summed E-state index contributed by atoms with van der Waals surface area (Å²) in [5.41, 5.74) is 5.34. The molecule has 0 fully saturated rings. The molecule has 0 amide bonds. The first-order valence-electron chi connectivity index (χ1n) is 6.78. The van der Waals surface area contributed by atoms with Crippen LogP contribution in [0.2, 0.25) is 0 Å². The molecule has 2 rings (SSSR count). The van der Waals surface area contributed by atoms with E-state index in [4.69, 9.17) is 0 Å². The van der Waals surface area contributed by atoms with Crippen LogP contribution < -0.4 is 0 Å². The lowest BCUT2D eigenvalue weighted by Gasteiger charge is -2.07. The summed E-state index contributed by atoms with van der Waals surface area (Å²) in [6.07, 6.45) is 1.05. The molecular formula is C16H25N.